The van der Waals surface area contributed by atoms with E-state index in [1.807, 2.05) is 25.1 Å². The van der Waals surface area contributed by atoms with E-state index in [9.17, 15) is 4.79 Å². The Balaban J connectivity index is 1.65. The fraction of sp³-hybridized carbons (Fsp3) is 0.435. The molecule has 0 saturated carbocycles. The summed E-state index contributed by atoms with van der Waals surface area (Å²) in [5.74, 6) is 0.718. The lowest BCUT2D eigenvalue weighted by molar-refractivity contribution is -0.128. The highest BCUT2D eigenvalue weighted by Gasteiger charge is 2.20. The fourth-order valence-electron chi connectivity index (χ4n) is 3.71. The highest BCUT2D eigenvalue weighted by atomic mass is 16.5. The molecule has 0 radical (unpaired) electrons. The number of carbonyl (C=O) groups is 1. The Morgan fingerprint density at radius 3 is 2.58 bits per heavy atom. The predicted octanol–water partition coefficient (Wildman–Crippen LogP) is 4.91. The summed E-state index contributed by atoms with van der Waals surface area (Å²) in [5.41, 5.74) is 5.16. The first-order valence-corrected chi connectivity index (χ1v) is 9.73. The van der Waals surface area contributed by atoms with Crippen molar-refractivity contribution in [3.63, 3.8) is 0 Å². The lowest BCUT2D eigenvalue weighted by Gasteiger charge is -2.23. The monoisotopic (exact) mass is 351 g/mol. The molecule has 1 aliphatic rings. The Kier molecular flexibility index (Phi) is 5.97. The van der Waals surface area contributed by atoms with Gasteiger partial charge in [-0.05, 0) is 80.3 Å². The minimum atomic E-state index is -0.519. The summed E-state index contributed by atoms with van der Waals surface area (Å²) in [6.45, 7) is 5.99. The standard InChI is InChI=1S/C23H29NO2/c1-4-22(21-12-8-5-9-16(21)2)24-23(25)17(3)26-20-14-13-18-10-6-7-11-19(18)15-20/h5,8-9,12-15,17,22H,4,6-7,10-11H2,1-3H3,(H,24,25)/t17-,22+/m0/s1. The van der Waals surface area contributed by atoms with Crippen LogP contribution in [0.15, 0.2) is 42.5 Å². The molecule has 3 rings (SSSR count). The van der Waals surface area contributed by atoms with Crippen molar-refractivity contribution >= 4 is 5.91 Å². The molecule has 0 fully saturated rings. The van der Waals surface area contributed by atoms with Gasteiger partial charge in [0.2, 0.25) is 0 Å². The Hall–Kier alpha value is -2.29. The van der Waals surface area contributed by atoms with Gasteiger partial charge < -0.3 is 10.1 Å². The molecule has 2 aromatic rings. The van der Waals surface area contributed by atoms with E-state index in [-0.39, 0.29) is 11.9 Å². The van der Waals surface area contributed by atoms with Gasteiger partial charge in [-0.2, -0.15) is 0 Å². The van der Waals surface area contributed by atoms with Gasteiger partial charge >= 0.3 is 0 Å². The van der Waals surface area contributed by atoms with Crippen LogP contribution in [0.5, 0.6) is 5.75 Å². The zero-order valence-corrected chi connectivity index (χ0v) is 16.0. The van der Waals surface area contributed by atoms with Crippen molar-refractivity contribution in [3.05, 3.63) is 64.7 Å². The molecule has 1 aliphatic carbocycles. The summed E-state index contributed by atoms with van der Waals surface area (Å²) in [6.07, 6.45) is 5.10. The molecular formula is C23H29NO2. The number of amides is 1. The van der Waals surface area contributed by atoms with Gasteiger partial charge in [0.15, 0.2) is 6.10 Å². The first-order valence-electron chi connectivity index (χ1n) is 9.73. The normalized spacial score (nSPS) is 15.7. The molecule has 1 amide bonds. The molecule has 0 bridgehead atoms. The van der Waals surface area contributed by atoms with Crippen LogP contribution in [0.2, 0.25) is 0 Å². The first-order chi connectivity index (χ1) is 12.6. The minimum Gasteiger partial charge on any atom is -0.481 e. The summed E-state index contributed by atoms with van der Waals surface area (Å²) in [7, 11) is 0. The minimum absolute atomic E-state index is 0.0123. The quantitative estimate of drug-likeness (QED) is 0.803. The molecule has 2 atom stereocenters. The maximum absolute atomic E-state index is 12.7. The third-order valence-corrected chi connectivity index (χ3v) is 5.29. The summed E-state index contributed by atoms with van der Waals surface area (Å²) >= 11 is 0. The van der Waals surface area contributed by atoms with Crippen molar-refractivity contribution in [2.24, 2.45) is 0 Å². The van der Waals surface area contributed by atoms with E-state index in [0.29, 0.717) is 0 Å². The van der Waals surface area contributed by atoms with Gasteiger partial charge in [0.05, 0.1) is 6.04 Å². The van der Waals surface area contributed by atoms with E-state index in [0.717, 1.165) is 25.0 Å². The number of benzene rings is 2. The van der Waals surface area contributed by atoms with Crippen molar-refractivity contribution in [1.82, 2.24) is 5.32 Å². The van der Waals surface area contributed by atoms with Gasteiger partial charge in [0, 0.05) is 0 Å². The molecule has 0 aromatic heterocycles. The van der Waals surface area contributed by atoms with Gasteiger partial charge in [0.1, 0.15) is 5.75 Å². The Morgan fingerprint density at radius 1 is 1.12 bits per heavy atom. The van der Waals surface area contributed by atoms with Gasteiger partial charge in [-0.1, -0.05) is 37.3 Å². The van der Waals surface area contributed by atoms with Crippen molar-refractivity contribution in [3.8, 4) is 5.75 Å². The van der Waals surface area contributed by atoms with Crippen molar-refractivity contribution < 1.29 is 9.53 Å². The molecule has 3 nitrogen and oxygen atoms in total. The summed E-state index contributed by atoms with van der Waals surface area (Å²) < 4.78 is 5.94. The highest BCUT2D eigenvalue weighted by molar-refractivity contribution is 5.81. The van der Waals surface area contributed by atoms with Crippen molar-refractivity contribution in [2.75, 3.05) is 0 Å². The number of fused-ring (bicyclic) bond motifs is 1. The lowest BCUT2D eigenvalue weighted by atomic mass is 9.92. The molecule has 138 valence electrons. The smallest absolute Gasteiger partial charge is 0.261 e. The predicted molar refractivity (Wildman–Crippen MR) is 106 cm³/mol. The van der Waals surface area contributed by atoms with Crippen LogP contribution in [-0.2, 0) is 17.6 Å². The Bertz CT molecular complexity index is 769. The maximum Gasteiger partial charge on any atom is 0.261 e. The second kappa shape index (κ2) is 8.39. The number of hydrogen-bond acceptors (Lipinski definition) is 2. The van der Waals surface area contributed by atoms with Gasteiger partial charge in [-0.25, -0.2) is 0 Å². The first kappa shape index (κ1) is 18.5. The molecule has 0 aliphatic heterocycles. The Labute approximate surface area is 156 Å². The molecule has 0 unspecified atom stereocenters. The number of aryl methyl sites for hydroxylation is 3. The number of ether oxygens (including phenoxy) is 1. The average Bonchev–Trinajstić information content (AvgIpc) is 2.66. The van der Waals surface area contributed by atoms with Gasteiger partial charge in [0.25, 0.3) is 5.91 Å². The van der Waals surface area contributed by atoms with E-state index in [2.05, 4.69) is 43.4 Å². The maximum atomic E-state index is 12.7. The van der Waals surface area contributed by atoms with Crippen molar-refractivity contribution in [1.29, 1.82) is 0 Å². The Morgan fingerprint density at radius 2 is 1.85 bits per heavy atom. The SMILES string of the molecule is CC[C@@H](NC(=O)[C@H](C)Oc1ccc2c(c1)CCCC2)c1ccccc1C. The van der Waals surface area contributed by atoms with Crippen LogP contribution in [0.25, 0.3) is 0 Å². The van der Waals surface area contributed by atoms with Crippen LogP contribution in [0.3, 0.4) is 0 Å². The van der Waals surface area contributed by atoms with Crippen LogP contribution in [0, 0.1) is 6.92 Å². The van der Waals surface area contributed by atoms with Crippen LogP contribution >= 0.6 is 0 Å². The zero-order chi connectivity index (χ0) is 18.5. The largest absolute Gasteiger partial charge is 0.481 e. The molecule has 3 heteroatoms. The molecule has 1 N–H and O–H groups in total. The summed E-state index contributed by atoms with van der Waals surface area (Å²) in [4.78, 5) is 12.7. The third-order valence-electron chi connectivity index (χ3n) is 5.29. The fourth-order valence-corrected chi connectivity index (χ4v) is 3.71. The van der Waals surface area contributed by atoms with E-state index < -0.39 is 6.10 Å². The number of rotatable bonds is 6. The van der Waals surface area contributed by atoms with E-state index >= 15 is 0 Å². The number of nitrogens with one attached hydrogen (secondary N) is 1. The second-order valence-corrected chi connectivity index (χ2v) is 7.22. The van der Waals surface area contributed by atoms with Crippen LogP contribution in [-0.4, -0.2) is 12.0 Å². The summed E-state index contributed by atoms with van der Waals surface area (Å²) in [5, 5.41) is 3.14. The molecular weight excluding hydrogens is 322 g/mol. The van der Waals surface area contributed by atoms with E-state index in [4.69, 9.17) is 4.74 Å². The van der Waals surface area contributed by atoms with Crippen molar-refractivity contribution in [2.45, 2.75) is 65.0 Å². The van der Waals surface area contributed by atoms with Crippen LogP contribution < -0.4 is 10.1 Å². The van der Waals surface area contributed by atoms with Crippen LogP contribution in [0.1, 0.15) is 61.4 Å². The highest BCUT2D eigenvalue weighted by Crippen LogP contribution is 2.26. The van der Waals surface area contributed by atoms with Gasteiger partial charge in [-0.15, -0.1) is 0 Å². The molecule has 26 heavy (non-hydrogen) atoms. The zero-order valence-electron chi connectivity index (χ0n) is 16.0. The second-order valence-electron chi connectivity index (χ2n) is 7.22. The summed E-state index contributed by atoms with van der Waals surface area (Å²) in [6, 6.07) is 14.5. The molecule has 2 aromatic carbocycles. The molecule has 0 saturated heterocycles. The third kappa shape index (κ3) is 4.27. The topological polar surface area (TPSA) is 38.3 Å². The van der Waals surface area contributed by atoms with Gasteiger partial charge in [-0.3, -0.25) is 4.79 Å². The van der Waals surface area contributed by atoms with E-state index in [1.165, 1.54) is 35.1 Å². The molecule has 0 heterocycles. The number of hydrogen-bond donors (Lipinski definition) is 1. The number of carbonyl (C=O) groups excluding carboxylic acids is 1. The molecule has 0 spiro atoms. The lowest BCUT2D eigenvalue weighted by Crippen LogP contribution is -2.38. The van der Waals surface area contributed by atoms with Crippen LogP contribution in [0.4, 0.5) is 0 Å². The average molecular weight is 351 g/mol. The van der Waals surface area contributed by atoms with E-state index in [1.54, 1.807) is 0 Å².